The first-order valence-corrected chi connectivity index (χ1v) is 5.50. The highest BCUT2D eigenvalue weighted by Gasteiger charge is 2.19. The van der Waals surface area contributed by atoms with Gasteiger partial charge >= 0.3 is 6.09 Å². The lowest BCUT2D eigenvalue weighted by Crippen LogP contribution is -2.27. The molecule has 1 amide bonds. The zero-order valence-corrected chi connectivity index (χ0v) is 10.8. The Balaban J connectivity index is 2.95. The molecule has 0 aliphatic carbocycles. The van der Waals surface area contributed by atoms with E-state index in [1.165, 1.54) is 19.1 Å². The van der Waals surface area contributed by atoms with Crippen molar-refractivity contribution in [2.24, 2.45) is 0 Å². The van der Waals surface area contributed by atoms with E-state index in [-0.39, 0.29) is 11.3 Å². The predicted molar refractivity (Wildman–Crippen MR) is 66.3 cm³/mol. The smallest absolute Gasteiger partial charge is 0.412 e. The number of carbonyl (C=O) groups excluding carboxylic acids is 2. The molecule has 0 fully saturated rings. The summed E-state index contributed by atoms with van der Waals surface area (Å²) in [6.45, 7) is 6.37. The van der Waals surface area contributed by atoms with Crippen molar-refractivity contribution < 1.29 is 18.7 Å². The first-order valence-electron chi connectivity index (χ1n) is 5.50. The molecule has 1 aromatic rings. The number of carbonyl (C=O) groups is 2. The molecule has 5 heteroatoms. The minimum atomic E-state index is -0.726. The van der Waals surface area contributed by atoms with Gasteiger partial charge in [0.15, 0.2) is 5.78 Å². The van der Waals surface area contributed by atoms with Crippen LogP contribution in [0.15, 0.2) is 18.2 Å². The second-order valence-corrected chi connectivity index (χ2v) is 4.85. The fourth-order valence-corrected chi connectivity index (χ4v) is 1.40. The second kappa shape index (κ2) is 5.16. The average molecular weight is 253 g/mol. The van der Waals surface area contributed by atoms with Gasteiger partial charge in [0.2, 0.25) is 0 Å². The number of hydrogen-bond acceptors (Lipinski definition) is 3. The van der Waals surface area contributed by atoms with Gasteiger partial charge in [0.05, 0.1) is 11.3 Å². The lowest BCUT2D eigenvalue weighted by atomic mass is 10.1. The first kappa shape index (κ1) is 14.2. The molecule has 0 radical (unpaired) electrons. The van der Waals surface area contributed by atoms with Crippen LogP contribution in [0.2, 0.25) is 0 Å². The molecule has 0 saturated carbocycles. The summed E-state index contributed by atoms with van der Waals surface area (Å²) in [5.41, 5.74) is -0.700. The average Bonchev–Trinajstić information content (AvgIpc) is 2.13. The molecule has 1 aromatic carbocycles. The minimum Gasteiger partial charge on any atom is -0.444 e. The predicted octanol–water partition coefficient (Wildman–Crippen LogP) is 3.38. The topological polar surface area (TPSA) is 55.4 Å². The van der Waals surface area contributed by atoms with Crippen LogP contribution < -0.4 is 5.32 Å². The summed E-state index contributed by atoms with van der Waals surface area (Å²) in [6, 6.07) is 4.02. The van der Waals surface area contributed by atoms with Crippen LogP contribution in [-0.2, 0) is 4.74 Å². The highest BCUT2D eigenvalue weighted by Crippen LogP contribution is 2.20. The first-order chi connectivity index (χ1) is 8.20. The van der Waals surface area contributed by atoms with Crippen LogP contribution in [0.4, 0.5) is 14.9 Å². The van der Waals surface area contributed by atoms with E-state index in [4.69, 9.17) is 4.74 Å². The summed E-state index contributed by atoms with van der Waals surface area (Å²) in [5, 5.41) is 2.37. The largest absolute Gasteiger partial charge is 0.444 e. The molecule has 1 N–H and O–H groups in total. The van der Waals surface area contributed by atoms with Gasteiger partial charge < -0.3 is 4.74 Å². The van der Waals surface area contributed by atoms with Crippen LogP contribution in [0.5, 0.6) is 0 Å². The quantitative estimate of drug-likeness (QED) is 0.822. The SMILES string of the molecule is CC(=O)c1c(F)cccc1NC(=O)OC(C)(C)C. The van der Waals surface area contributed by atoms with Gasteiger partial charge in [0.1, 0.15) is 11.4 Å². The van der Waals surface area contributed by atoms with Crippen molar-refractivity contribution >= 4 is 17.6 Å². The van der Waals surface area contributed by atoms with Crippen molar-refractivity contribution in [3.05, 3.63) is 29.6 Å². The molecular weight excluding hydrogens is 237 g/mol. The number of amides is 1. The number of ether oxygens (including phenoxy) is 1. The number of anilines is 1. The molecule has 0 spiro atoms. The molecule has 0 heterocycles. The van der Waals surface area contributed by atoms with Gasteiger partial charge in [-0.2, -0.15) is 0 Å². The highest BCUT2D eigenvalue weighted by atomic mass is 19.1. The minimum absolute atomic E-state index is 0.108. The van der Waals surface area contributed by atoms with Crippen molar-refractivity contribution in [1.29, 1.82) is 0 Å². The van der Waals surface area contributed by atoms with Gasteiger partial charge in [-0.3, -0.25) is 10.1 Å². The van der Waals surface area contributed by atoms with E-state index in [9.17, 15) is 14.0 Å². The third-order valence-corrected chi connectivity index (χ3v) is 2.00. The van der Waals surface area contributed by atoms with Crippen molar-refractivity contribution in [2.45, 2.75) is 33.3 Å². The number of Topliss-reactive ketones (excluding diaryl/α,β-unsaturated/α-hetero) is 1. The van der Waals surface area contributed by atoms with Crippen LogP contribution >= 0.6 is 0 Å². The third-order valence-electron chi connectivity index (χ3n) is 2.00. The highest BCUT2D eigenvalue weighted by molar-refractivity contribution is 6.02. The summed E-state index contributed by atoms with van der Waals surface area (Å²) in [4.78, 5) is 22.9. The molecule has 0 aliphatic heterocycles. The zero-order valence-electron chi connectivity index (χ0n) is 10.8. The van der Waals surface area contributed by atoms with Crippen LogP contribution in [0.25, 0.3) is 0 Å². The molecule has 4 nitrogen and oxygen atoms in total. The Kier molecular flexibility index (Phi) is 4.06. The van der Waals surface area contributed by atoms with Gasteiger partial charge in [-0.15, -0.1) is 0 Å². The van der Waals surface area contributed by atoms with Crippen molar-refractivity contribution in [3.8, 4) is 0 Å². The molecule has 0 aliphatic rings. The van der Waals surface area contributed by atoms with E-state index < -0.39 is 23.3 Å². The summed E-state index contributed by atoms with van der Waals surface area (Å²) in [6.07, 6.45) is -0.726. The van der Waals surface area contributed by atoms with Crippen LogP contribution in [0, 0.1) is 5.82 Å². The number of benzene rings is 1. The number of rotatable bonds is 2. The summed E-state index contributed by atoms with van der Waals surface area (Å²) in [5.74, 6) is -1.13. The van der Waals surface area contributed by atoms with Crippen LogP contribution in [0.1, 0.15) is 38.1 Å². The molecule has 1 rings (SSSR count). The maximum Gasteiger partial charge on any atom is 0.412 e. The van der Waals surface area contributed by atoms with Crippen molar-refractivity contribution in [2.75, 3.05) is 5.32 Å². The molecular formula is C13H16FNO3. The van der Waals surface area contributed by atoms with Crippen LogP contribution in [0.3, 0.4) is 0 Å². The standard InChI is InChI=1S/C13H16FNO3/c1-8(16)11-9(14)6-5-7-10(11)15-12(17)18-13(2,3)4/h5-7H,1-4H3,(H,15,17). The van der Waals surface area contributed by atoms with Gasteiger partial charge in [0.25, 0.3) is 0 Å². The van der Waals surface area contributed by atoms with Gasteiger partial charge in [-0.25, -0.2) is 9.18 Å². The third kappa shape index (κ3) is 3.84. The molecule has 0 atom stereocenters. The number of hydrogen-bond donors (Lipinski definition) is 1. The zero-order chi connectivity index (χ0) is 13.9. The lowest BCUT2D eigenvalue weighted by molar-refractivity contribution is 0.0636. The molecule has 18 heavy (non-hydrogen) atoms. The Labute approximate surface area is 105 Å². The molecule has 0 aromatic heterocycles. The second-order valence-electron chi connectivity index (χ2n) is 4.85. The number of ketones is 1. The maximum absolute atomic E-state index is 13.5. The number of halogens is 1. The Morgan fingerprint density at radius 2 is 1.89 bits per heavy atom. The normalized spacial score (nSPS) is 10.9. The van der Waals surface area contributed by atoms with E-state index in [0.717, 1.165) is 6.07 Å². The Morgan fingerprint density at radius 3 is 2.39 bits per heavy atom. The fraction of sp³-hybridized carbons (Fsp3) is 0.385. The molecule has 98 valence electrons. The van der Waals surface area contributed by atoms with Crippen molar-refractivity contribution in [1.82, 2.24) is 0 Å². The summed E-state index contributed by atoms with van der Waals surface area (Å²) >= 11 is 0. The maximum atomic E-state index is 13.5. The molecule has 0 saturated heterocycles. The van der Waals surface area contributed by atoms with E-state index in [0.29, 0.717) is 0 Å². The Morgan fingerprint density at radius 1 is 1.28 bits per heavy atom. The summed E-state index contributed by atoms with van der Waals surface area (Å²) in [7, 11) is 0. The van der Waals surface area contributed by atoms with Crippen LogP contribution in [-0.4, -0.2) is 17.5 Å². The van der Waals surface area contributed by atoms with E-state index in [1.807, 2.05) is 0 Å². The van der Waals surface area contributed by atoms with E-state index >= 15 is 0 Å². The van der Waals surface area contributed by atoms with Gasteiger partial charge in [0, 0.05) is 0 Å². The van der Waals surface area contributed by atoms with Gasteiger partial charge in [-0.05, 0) is 39.8 Å². The fourth-order valence-electron chi connectivity index (χ4n) is 1.40. The lowest BCUT2D eigenvalue weighted by Gasteiger charge is -2.20. The Bertz CT molecular complexity index is 478. The molecule has 0 bridgehead atoms. The summed E-state index contributed by atoms with van der Waals surface area (Å²) < 4.78 is 18.5. The Hall–Kier alpha value is -1.91. The monoisotopic (exact) mass is 253 g/mol. The van der Waals surface area contributed by atoms with E-state index in [2.05, 4.69) is 5.32 Å². The molecule has 0 unspecified atom stereocenters. The number of nitrogens with one attached hydrogen (secondary N) is 1. The van der Waals surface area contributed by atoms with Crippen molar-refractivity contribution in [3.63, 3.8) is 0 Å². The van der Waals surface area contributed by atoms with E-state index in [1.54, 1.807) is 20.8 Å². The van der Waals surface area contributed by atoms with Gasteiger partial charge in [-0.1, -0.05) is 6.07 Å².